The summed E-state index contributed by atoms with van der Waals surface area (Å²) in [6.45, 7) is 6.31. The van der Waals surface area contributed by atoms with Crippen molar-refractivity contribution < 1.29 is 33.4 Å². The molecule has 8 nitrogen and oxygen atoms in total. The van der Waals surface area contributed by atoms with E-state index in [0.717, 1.165) is 22.8 Å². The maximum atomic E-state index is 12.6. The van der Waals surface area contributed by atoms with E-state index in [1.165, 1.54) is 14.2 Å². The number of ketones is 1. The van der Waals surface area contributed by atoms with Crippen molar-refractivity contribution in [2.24, 2.45) is 11.8 Å². The molecular weight excluding hydrogens is 414 g/mol. The van der Waals surface area contributed by atoms with Gasteiger partial charge >= 0.3 is 0 Å². The lowest BCUT2D eigenvalue weighted by Gasteiger charge is -2.31. The number of amides is 1. The van der Waals surface area contributed by atoms with Gasteiger partial charge in [0.2, 0.25) is 0 Å². The van der Waals surface area contributed by atoms with Crippen LogP contribution in [-0.4, -0.2) is 64.1 Å². The van der Waals surface area contributed by atoms with Gasteiger partial charge in [-0.05, 0) is 37.5 Å². The monoisotopic (exact) mass is 453 g/mol. The van der Waals surface area contributed by atoms with Gasteiger partial charge in [0.15, 0.2) is 0 Å². The van der Waals surface area contributed by atoms with E-state index in [-0.39, 0.29) is 43.0 Å². The van der Waals surface area contributed by atoms with Crippen molar-refractivity contribution in [3.63, 3.8) is 0 Å². The molecule has 0 heterocycles. The molecule has 0 fully saturated rings. The standard InChI is InChI=1S/C24H39NO7/c1-8-22(31-15-19-9-11-20(29-6)12-10-19)18(3)23(32-16-28-5)14-13-21(26)17(2)24(27)25(4)30-7/h9-12,17-18,22-23H,8,13-16H2,1-7H3/t17-,18-,22-,23-/m0/s1. The lowest BCUT2D eigenvalue weighted by molar-refractivity contribution is -0.174. The molecule has 0 aliphatic rings. The molecule has 32 heavy (non-hydrogen) atoms. The molecule has 0 spiro atoms. The fourth-order valence-electron chi connectivity index (χ4n) is 3.46. The molecule has 0 aromatic heterocycles. The van der Waals surface area contributed by atoms with Gasteiger partial charge in [0.25, 0.3) is 5.91 Å². The minimum absolute atomic E-state index is 0.0221. The zero-order valence-electron chi connectivity index (χ0n) is 20.5. The molecule has 4 atom stereocenters. The summed E-state index contributed by atoms with van der Waals surface area (Å²) in [7, 11) is 6.08. The van der Waals surface area contributed by atoms with Crippen molar-refractivity contribution in [3.05, 3.63) is 29.8 Å². The predicted octanol–water partition coefficient (Wildman–Crippen LogP) is 3.62. The van der Waals surface area contributed by atoms with Gasteiger partial charge in [-0.3, -0.25) is 14.4 Å². The Labute approximate surface area is 192 Å². The Morgan fingerprint density at radius 1 is 1.00 bits per heavy atom. The molecule has 0 radical (unpaired) electrons. The first kappa shape index (κ1) is 28.0. The molecule has 0 saturated heterocycles. The number of rotatable bonds is 16. The number of Topliss-reactive ketones (excluding diaryl/α,β-unsaturated/α-hetero) is 1. The van der Waals surface area contributed by atoms with Crippen LogP contribution in [0.1, 0.15) is 45.6 Å². The Morgan fingerprint density at radius 3 is 2.19 bits per heavy atom. The first-order valence-electron chi connectivity index (χ1n) is 11.0. The summed E-state index contributed by atoms with van der Waals surface area (Å²) < 4.78 is 22.4. The number of hydrogen-bond donors (Lipinski definition) is 0. The number of hydroxylamine groups is 2. The van der Waals surface area contributed by atoms with Crippen LogP contribution >= 0.6 is 0 Å². The zero-order chi connectivity index (χ0) is 24.1. The van der Waals surface area contributed by atoms with E-state index in [0.29, 0.717) is 13.0 Å². The van der Waals surface area contributed by atoms with Crippen molar-refractivity contribution in [2.75, 3.05) is 35.2 Å². The summed E-state index contributed by atoms with van der Waals surface area (Å²) in [4.78, 5) is 29.6. The zero-order valence-corrected chi connectivity index (χ0v) is 20.5. The van der Waals surface area contributed by atoms with E-state index in [9.17, 15) is 9.59 Å². The first-order chi connectivity index (χ1) is 15.3. The Hall–Kier alpha value is -2.00. The largest absolute Gasteiger partial charge is 0.497 e. The van der Waals surface area contributed by atoms with E-state index in [1.54, 1.807) is 21.1 Å². The second-order valence-electron chi connectivity index (χ2n) is 7.82. The van der Waals surface area contributed by atoms with Gasteiger partial charge in [0, 0.05) is 26.5 Å². The summed E-state index contributed by atoms with van der Waals surface area (Å²) in [5.74, 6) is -0.463. The van der Waals surface area contributed by atoms with Crippen LogP contribution < -0.4 is 4.74 Å². The fourth-order valence-corrected chi connectivity index (χ4v) is 3.46. The van der Waals surface area contributed by atoms with E-state index in [2.05, 4.69) is 13.8 Å². The highest BCUT2D eigenvalue weighted by Crippen LogP contribution is 2.24. The van der Waals surface area contributed by atoms with Crippen LogP contribution in [0.15, 0.2) is 24.3 Å². The smallest absolute Gasteiger partial charge is 0.256 e. The predicted molar refractivity (Wildman–Crippen MR) is 121 cm³/mol. The van der Waals surface area contributed by atoms with Gasteiger partial charge in [-0.2, -0.15) is 0 Å². The average Bonchev–Trinajstić information content (AvgIpc) is 2.82. The van der Waals surface area contributed by atoms with Crippen LogP contribution in [0.3, 0.4) is 0 Å². The molecule has 0 unspecified atom stereocenters. The molecule has 0 N–H and O–H groups in total. The van der Waals surface area contributed by atoms with Crippen LogP contribution in [0.5, 0.6) is 5.75 Å². The molecule has 1 aromatic rings. The Morgan fingerprint density at radius 2 is 1.66 bits per heavy atom. The number of nitrogens with zero attached hydrogens (tertiary/aromatic N) is 1. The van der Waals surface area contributed by atoms with Crippen LogP contribution in [0.25, 0.3) is 0 Å². The number of carbonyl (C=O) groups excluding carboxylic acids is 2. The average molecular weight is 454 g/mol. The second-order valence-corrected chi connectivity index (χ2v) is 7.82. The number of methoxy groups -OCH3 is 2. The first-order valence-corrected chi connectivity index (χ1v) is 11.0. The van der Waals surface area contributed by atoms with Gasteiger partial charge < -0.3 is 18.9 Å². The lowest BCUT2D eigenvalue weighted by atomic mass is 9.90. The summed E-state index contributed by atoms with van der Waals surface area (Å²) in [6.07, 6.45) is 1.18. The number of benzene rings is 1. The maximum Gasteiger partial charge on any atom is 0.256 e. The molecule has 8 heteroatoms. The van der Waals surface area contributed by atoms with Crippen LogP contribution in [0.2, 0.25) is 0 Å². The van der Waals surface area contributed by atoms with Gasteiger partial charge in [-0.25, -0.2) is 5.06 Å². The third-order valence-electron chi connectivity index (χ3n) is 5.71. The van der Waals surface area contributed by atoms with Gasteiger partial charge in [-0.1, -0.05) is 26.0 Å². The molecule has 182 valence electrons. The number of hydrogen-bond acceptors (Lipinski definition) is 7. The highest BCUT2D eigenvalue weighted by molar-refractivity contribution is 6.00. The second kappa shape index (κ2) is 14.9. The fraction of sp³-hybridized carbons (Fsp3) is 0.667. The van der Waals surface area contributed by atoms with Crippen molar-refractivity contribution in [1.82, 2.24) is 5.06 Å². The topological polar surface area (TPSA) is 83.5 Å². The summed E-state index contributed by atoms with van der Waals surface area (Å²) in [5.41, 5.74) is 1.05. The summed E-state index contributed by atoms with van der Waals surface area (Å²) >= 11 is 0. The Balaban J connectivity index is 2.73. The molecular formula is C24H39NO7. The lowest BCUT2D eigenvalue weighted by Crippen LogP contribution is -2.37. The third kappa shape index (κ3) is 8.86. The van der Waals surface area contributed by atoms with Crippen molar-refractivity contribution in [3.8, 4) is 5.75 Å². The minimum Gasteiger partial charge on any atom is -0.497 e. The molecule has 0 aliphatic carbocycles. The van der Waals surface area contributed by atoms with E-state index < -0.39 is 5.92 Å². The van der Waals surface area contributed by atoms with E-state index in [4.69, 9.17) is 23.8 Å². The summed E-state index contributed by atoms with van der Waals surface area (Å²) in [6, 6.07) is 7.76. The maximum absolute atomic E-state index is 12.6. The van der Waals surface area contributed by atoms with Crippen LogP contribution in [-0.2, 0) is 35.2 Å². The van der Waals surface area contributed by atoms with Crippen LogP contribution in [0, 0.1) is 11.8 Å². The number of carbonyl (C=O) groups is 2. The highest BCUT2D eigenvalue weighted by Gasteiger charge is 2.29. The van der Waals surface area contributed by atoms with E-state index in [1.807, 2.05) is 24.3 Å². The number of ether oxygens (including phenoxy) is 4. The molecule has 1 amide bonds. The van der Waals surface area contributed by atoms with Gasteiger partial charge in [0.1, 0.15) is 18.3 Å². The SMILES string of the molecule is CC[C@H](OCc1ccc(OC)cc1)[C@H](C)[C@H](CCC(=O)[C@H](C)C(=O)N(C)OC)OCOC. The molecule has 1 rings (SSSR count). The Kier molecular flexibility index (Phi) is 13.1. The van der Waals surface area contributed by atoms with Crippen molar-refractivity contribution >= 4 is 11.7 Å². The molecule has 0 bridgehead atoms. The van der Waals surface area contributed by atoms with Gasteiger partial charge in [-0.15, -0.1) is 0 Å². The van der Waals surface area contributed by atoms with Gasteiger partial charge in [0.05, 0.1) is 39.0 Å². The molecule has 0 aliphatic heterocycles. The minimum atomic E-state index is -0.772. The Bertz CT molecular complexity index is 679. The van der Waals surface area contributed by atoms with Crippen molar-refractivity contribution in [1.29, 1.82) is 0 Å². The normalized spacial score (nSPS) is 15.0. The summed E-state index contributed by atoms with van der Waals surface area (Å²) in [5, 5.41) is 1.07. The highest BCUT2D eigenvalue weighted by atomic mass is 16.7. The molecule has 1 aromatic carbocycles. The third-order valence-corrected chi connectivity index (χ3v) is 5.71. The quantitative estimate of drug-likeness (QED) is 0.215. The van der Waals surface area contributed by atoms with E-state index >= 15 is 0 Å². The van der Waals surface area contributed by atoms with Crippen LogP contribution in [0.4, 0.5) is 0 Å². The van der Waals surface area contributed by atoms with Crippen molar-refractivity contribution in [2.45, 2.75) is 58.8 Å². The molecule has 0 saturated carbocycles.